The number of hydrogen-bond donors (Lipinski definition) is 0. The van der Waals surface area contributed by atoms with Gasteiger partial charge in [0.05, 0.1) is 18.5 Å². The van der Waals surface area contributed by atoms with Gasteiger partial charge < -0.3 is 9.64 Å². The second kappa shape index (κ2) is 4.57. The van der Waals surface area contributed by atoms with Gasteiger partial charge in [0.15, 0.2) is 0 Å². The maximum Gasteiger partial charge on any atom is 0.310 e. The molecule has 1 aliphatic heterocycles. The Labute approximate surface area is 109 Å². The Hall–Kier alpha value is -1.62. The second-order valence-corrected chi connectivity index (χ2v) is 5.21. The lowest BCUT2D eigenvalue weighted by atomic mass is 10.1. The average Bonchev–Trinajstić information content (AvgIpc) is 3.03. The number of carbonyl (C=O) groups is 1. The van der Waals surface area contributed by atoms with Crippen LogP contribution >= 0.6 is 11.5 Å². The summed E-state index contributed by atoms with van der Waals surface area (Å²) in [5.41, 5.74) is 1.03. The Kier molecular flexibility index (Phi) is 2.91. The van der Waals surface area contributed by atoms with E-state index in [1.54, 1.807) is 0 Å². The first kappa shape index (κ1) is 11.5. The van der Waals surface area contributed by atoms with E-state index >= 15 is 0 Å². The van der Waals surface area contributed by atoms with Crippen molar-refractivity contribution in [3.8, 4) is 0 Å². The molecule has 2 aromatic rings. The maximum absolute atomic E-state index is 11.5. The van der Waals surface area contributed by atoms with Crippen molar-refractivity contribution in [1.29, 1.82) is 0 Å². The number of benzene rings is 1. The number of anilines is 1. The van der Waals surface area contributed by atoms with Gasteiger partial charge in [0, 0.05) is 18.5 Å². The number of methoxy groups -OCH3 is 1. The molecule has 4 nitrogen and oxygen atoms in total. The standard InChI is InChI=1S/C13H14N2O2S/c1-17-13(16)9-6-7-15(8-9)12-10-4-2-3-5-11(10)14-18-12/h2-5,9H,6-8H2,1H3. The van der Waals surface area contributed by atoms with Crippen LogP contribution in [0.4, 0.5) is 5.00 Å². The quantitative estimate of drug-likeness (QED) is 0.779. The van der Waals surface area contributed by atoms with Crippen molar-refractivity contribution in [1.82, 2.24) is 4.37 Å². The SMILES string of the molecule is COC(=O)C1CCN(c2snc3ccccc23)C1. The molecule has 1 fully saturated rings. The molecular weight excluding hydrogens is 248 g/mol. The Morgan fingerprint density at radius 1 is 1.50 bits per heavy atom. The van der Waals surface area contributed by atoms with Gasteiger partial charge in [-0.2, -0.15) is 4.37 Å². The summed E-state index contributed by atoms with van der Waals surface area (Å²) in [4.78, 5) is 13.8. The summed E-state index contributed by atoms with van der Waals surface area (Å²) in [6.45, 7) is 1.63. The molecule has 0 amide bonds. The van der Waals surface area contributed by atoms with Crippen LogP contribution in [0.15, 0.2) is 24.3 Å². The number of aromatic nitrogens is 1. The van der Waals surface area contributed by atoms with Gasteiger partial charge in [-0.1, -0.05) is 12.1 Å². The molecular formula is C13H14N2O2S. The van der Waals surface area contributed by atoms with Gasteiger partial charge in [0.2, 0.25) is 0 Å². The van der Waals surface area contributed by atoms with Crippen LogP contribution in [0.5, 0.6) is 0 Å². The van der Waals surface area contributed by atoms with E-state index in [0.29, 0.717) is 0 Å². The number of nitrogens with zero attached hydrogens (tertiary/aromatic N) is 2. The number of carbonyl (C=O) groups excluding carboxylic acids is 1. The normalized spacial score (nSPS) is 19.4. The summed E-state index contributed by atoms with van der Waals surface area (Å²) in [6, 6.07) is 8.12. The Bertz CT molecular complexity index is 581. The number of esters is 1. The molecule has 0 N–H and O–H groups in total. The number of rotatable bonds is 2. The zero-order chi connectivity index (χ0) is 12.5. The number of fused-ring (bicyclic) bond motifs is 1. The zero-order valence-corrected chi connectivity index (χ0v) is 10.9. The second-order valence-electron chi connectivity index (χ2n) is 4.46. The highest BCUT2D eigenvalue weighted by molar-refractivity contribution is 7.11. The van der Waals surface area contributed by atoms with Crippen LogP contribution in [0, 0.1) is 5.92 Å². The van der Waals surface area contributed by atoms with Crippen molar-refractivity contribution in [3.05, 3.63) is 24.3 Å². The van der Waals surface area contributed by atoms with E-state index in [1.807, 2.05) is 18.2 Å². The lowest BCUT2D eigenvalue weighted by Gasteiger charge is -2.15. The fourth-order valence-corrected chi connectivity index (χ4v) is 3.30. The molecule has 0 saturated carbocycles. The molecule has 1 saturated heterocycles. The molecule has 1 unspecified atom stereocenters. The van der Waals surface area contributed by atoms with Crippen molar-refractivity contribution in [2.24, 2.45) is 5.92 Å². The number of hydrogen-bond acceptors (Lipinski definition) is 5. The van der Waals surface area contributed by atoms with Crippen molar-refractivity contribution in [2.45, 2.75) is 6.42 Å². The molecule has 0 aliphatic carbocycles. The van der Waals surface area contributed by atoms with Crippen molar-refractivity contribution in [3.63, 3.8) is 0 Å². The molecule has 3 rings (SSSR count). The van der Waals surface area contributed by atoms with E-state index in [1.165, 1.54) is 24.0 Å². The summed E-state index contributed by atoms with van der Waals surface area (Å²) in [7, 11) is 1.45. The molecule has 0 radical (unpaired) electrons. The minimum atomic E-state index is -0.105. The fourth-order valence-electron chi connectivity index (χ4n) is 2.41. The van der Waals surface area contributed by atoms with Gasteiger partial charge in [-0.15, -0.1) is 0 Å². The molecule has 18 heavy (non-hydrogen) atoms. The minimum absolute atomic E-state index is 0.00383. The van der Waals surface area contributed by atoms with Gasteiger partial charge >= 0.3 is 5.97 Å². The molecule has 1 atom stereocenters. The first-order chi connectivity index (χ1) is 8.79. The van der Waals surface area contributed by atoms with E-state index in [0.717, 1.165) is 30.0 Å². The third-order valence-electron chi connectivity index (χ3n) is 3.37. The lowest BCUT2D eigenvalue weighted by molar-refractivity contribution is -0.144. The first-order valence-corrected chi connectivity index (χ1v) is 6.74. The Balaban J connectivity index is 1.86. The van der Waals surface area contributed by atoms with Crippen LogP contribution in [0.2, 0.25) is 0 Å². The summed E-state index contributed by atoms with van der Waals surface area (Å²) < 4.78 is 9.25. The molecule has 94 valence electrons. The minimum Gasteiger partial charge on any atom is -0.469 e. The van der Waals surface area contributed by atoms with Crippen LogP contribution in [0.25, 0.3) is 10.9 Å². The summed E-state index contributed by atoms with van der Waals surface area (Å²) in [6.07, 6.45) is 0.860. The third kappa shape index (κ3) is 1.84. The molecule has 2 heterocycles. The monoisotopic (exact) mass is 262 g/mol. The predicted octanol–water partition coefficient (Wildman–Crippen LogP) is 2.30. The Morgan fingerprint density at radius 2 is 2.33 bits per heavy atom. The lowest BCUT2D eigenvalue weighted by Crippen LogP contribution is -2.22. The van der Waals surface area contributed by atoms with Crippen LogP contribution in [0.1, 0.15) is 6.42 Å². The third-order valence-corrected chi connectivity index (χ3v) is 4.31. The summed E-state index contributed by atoms with van der Waals surface area (Å²) >= 11 is 1.51. The summed E-state index contributed by atoms with van der Waals surface area (Å²) in [5, 5.41) is 2.34. The van der Waals surface area contributed by atoms with Gasteiger partial charge in [0.1, 0.15) is 5.00 Å². The van der Waals surface area contributed by atoms with Crippen LogP contribution < -0.4 is 4.90 Å². The van der Waals surface area contributed by atoms with E-state index in [4.69, 9.17) is 4.74 Å². The highest BCUT2D eigenvalue weighted by Crippen LogP contribution is 2.34. The van der Waals surface area contributed by atoms with Crippen molar-refractivity contribution >= 4 is 33.4 Å². The van der Waals surface area contributed by atoms with Gasteiger partial charge in [-0.25, -0.2) is 0 Å². The molecule has 0 bridgehead atoms. The zero-order valence-electron chi connectivity index (χ0n) is 10.1. The van der Waals surface area contributed by atoms with Crippen LogP contribution in [-0.4, -0.2) is 30.5 Å². The predicted molar refractivity (Wildman–Crippen MR) is 72.0 cm³/mol. The van der Waals surface area contributed by atoms with E-state index < -0.39 is 0 Å². The smallest absolute Gasteiger partial charge is 0.310 e. The van der Waals surface area contributed by atoms with E-state index in [2.05, 4.69) is 15.3 Å². The van der Waals surface area contributed by atoms with Crippen molar-refractivity contribution < 1.29 is 9.53 Å². The van der Waals surface area contributed by atoms with E-state index in [-0.39, 0.29) is 11.9 Å². The molecule has 5 heteroatoms. The summed E-state index contributed by atoms with van der Waals surface area (Å²) in [5.74, 6) is -0.109. The fraction of sp³-hybridized carbons (Fsp3) is 0.385. The highest BCUT2D eigenvalue weighted by atomic mass is 32.1. The van der Waals surface area contributed by atoms with Gasteiger partial charge in [-0.3, -0.25) is 4.79 Å². The molecule has 1 aromatic carbocycles. The molecule has 1 aliphatic rings. The Morgan fingerprint density at radius 3 is 3.17 bits per heavy atom. The maximum atomic E-state index is 11.5. The number of ether oxygens (including phenoxy) is 1. The first-order valence-electron chi connectivity index (χ1n) is 5.97. The highest BCUT2D eigenvalue weighted by Gasteiger charge is 2.30. The van der Waals surface area contributed by atoms with Gasteiger partial charge in [-0.05, 0) is 30.1 Å². The molecule has 1 aromatic heterocycles. The van der Waals surface area contributed by atoms with Crippen LogP contribution in [0.3, 0.4) is 0 Å². The topological polar surface area (TPSA) is 42.4 Å². The van der Waals surface area contributed by atoms with E-state index in [9.17, 15) is 4.79 Å². The largest absolute Gasteiger partial charge is 0.469 e. The van der Waals surface area contributed by atoms with Crippen LogP contribution in [-0.2, 0) is 9.53 Å². The molecule has 0 spiro atoms. The average molecular weight is 262 g/mol. The van der Waals surface area contributed by atoms with Crippen molar-refractivity contribution in [2.75, 3.05) is 25.1 Å². The van der Waals surface area contributed by atoms with Gasteiger partial charge in [0.25, 0.3) is 0 Å².